The molecule has 2 heterocycles. The number of benzene rings is 1. The van der Waals surface area contributed by atoms with Gasteiger partial charge in [-0.1, -0.05) is 29.8 Å². The van der Waals surface area contributed by atoms with Crippen molar-refractivity contribution in [3.05, 3.63) is 51.8 Å². The molecule has 1 aliphatic heterocycles. The Balaban J connectivity index is 0.00000208. The number of hydrogen-bond acceptors (Lipinski definition) is 3. The van der Waals surface area contributed by atoms with Crippen LogP contribution < -0.4 is 10.6 Å². The van der Waals surface area contributed by atoms with E-state index >= 15 is 0 Å². The summed E-state index contributed by atoms with van der Waals surface area (Å²) >= 11 is 6.22. The highest BCUT2D eigenvalue weighted by molar-refractivity contribution is 6.31. The maximum absolute atomic E-state index is 12.6. The average Bonchev–Trinajstić information content (AvgIpc) is 3.10. The van der Waals surface area contributed by atoms with Crippen LogP contribution in [0.25, 0.3) is 0 Å². The van der Waals surface area contributed by atoms with E-state index in [-0.39, 0.29) is 24.4 Å². The summed E-state index contributed by atoms with van der Waals surface area (Å²) in [5.74, 6) is -0.0425. The minimum Gasteiger partial charge on any atom is -0.348 e. The van der Waals surface area contributed by atoms with Crippen molar-refractivity contribution >= 4 is 29.9 Å². The molecule has 1 aliphatic rings. The van der Waals surface area contributed by atoms with Gasteiger partial charge in [0.1, 0.15) is 0 Å². The highest BCUT2D eigenvalue weighted by Crippen LogP contribution is 2.19. The van der Waals surface area contributed by atoms with Crippen molar-refractivity contribution in [2.75, 3.05) is 13.1 Å². The standard InChI is InChI=1S/C17H21ClN4O.ClH/c1-11-16(17(23)20-14-7-8-19-9-14)12(2)22(21-11)10-13-5-3-4-6-15(13)18;/h3-6,14,19H,7-10H2,1-2H3,(H,20,23);1H. The smallest absolute Gasteiger partial charge is 0.255 e. The second kappa shape index (κ2) is 8.01. The highest BCUT2D eigenvalue weighted by Gasteiger charge is 2.23. The molecule has 1 fully saturated rings. The molecule has 1 amide bonds. The molecule has 0 radical (unpaired) electrons. The van der Waals surface area contributed by atoms with Crippen molar-refractivity contribution in [1.29, 1.82) is 0 Å². The van der Waals surface area contributed by atoms with Crippen LogP contribution in [0.5, 0.6) is 0 Å². The fourth-order valence-corrected chi connectivity index (χ4v) is 3.20. The van der Waals surface area contributed by atoms with Crippen LogP contribution in [0.15, 0.2) is 24.3 Å². The Kier molecular flexibility index (Phi) is 6.27. The normalized spacial score (nSPS) is 16.7. The maximum atomic E-state index is 12.6. The topological polar surface area (TPSA) is 59.0 Å². The van der Waals surface area contributed by atoms with Crippen molar-refractivity contribution in [3.63, 3.8) is 0 Å². The predicted molar refractivity (Wildman–Crippen MR) is 98.2 cm³/mol. The maximum Gasteiger partial charge on any atom is 0.255 e. The van der Waals surface area contributed by atoms with E-state index in [0.29, 0.717) is 17.1 Å². The number of nitrogens with zero attached hydrogens (tertiary/aromatic N) is 2. The van der Waals surface area contributed by atoms with Gasteiger partial charge in [0.25, 0.3) is 5.91 Å². The molecule has 1 unspecified atom stereocenters. The second-order valence-electron chi connectivity index (χ2n) is 5.96. The monoisotopic (exact) mass is 368 g/mol. The summed E-state index contributed by atoms with van der Waals surface area (Å²) in [4.78, 5) is 12.6. The molecule has 1 atom stereocenters. The first-order valence-corrected chi connectivity index (χ1v) is 8.23. The van der Waals surface area contributed by atoms with Crippen molar-refractivity contribution in [2.24, 2.45) is 0 Å². The molecule has 2 N–H and O–H groups in total. The van der Waals surface area contributed by atoms with Gasteiger partial charge in [0.2, 0.25) is 0 Å². The number of hydrogen-bond donors (Lipinski definition) is 2. The average molecular weight is 369 g/mol. The summed E-state index contributed by atoms with van der Waals surface area (Å²) in [5, 5.41) is 11.6. The first kappa shape index (κ1) is 18.8. The van der Waals surface area contributed by atoms with Gasteiger partial charge in [0, 0.05) is 23.3 Å². The van der Waals surface area contributed by atoms with Crippen LogP contribution in [-0.2, 0) is 6.54 Å². The minimum atomic E-state index is -0.0425. The third kappa shape index (κ3) is 3.91. The molecule has 1 saturated heterocycles. The van der Waals surface area contributed by atoms with Gasteiger partial charge in [0.05, 0.1) is 17.8 Å². The number of amides is 1. The van der Waals surface area contributed by atoms with Gasteiger partial charge in [-0.15, -0.1) is 12.4 Å². The summed E-state index contributed by atoms with van der Waals surface area (Å²) in [6.07, 6.45) is 0.970. The molecule has 0 bridgehead atoms. The number of halogens is 2. The van der Waals surface area contributed by atoms with Crippen LogP contribution in [0.1, 0.15) is 33.7 Å². The molecule has 3 rings (SSSR count). The number of aromatic nitrogens is 2. The second-order valence-corrected chi connectivity index (χ2v) is 6.37. The van der Waals surface area contributed by atoms with E-state index in [1.54, 1.807) is 0 Å². The van der Waals surface area contributed by atoms with Crippen LogP contribution in [0.3, 0.4) is 0 Å². The molecule has 0 aliphatic carbocycles. The quantitative estimate of drug-likeness (QED) is 0.871. The van der Waals surface area contributed by atoms with Gasteiger partial charge in [-0.25, -0.2) is 0 Å². The molecule has 1 aromatic heterocycles. The van der Waals surface area contributed by atoms with Crippen LogP contribution >= 0.6 is 24.0 Å². The molecule has 7 heteroatoms. The lowest BCUT2D eigenvalue weighted by atomic mass is 10.1. The van der Waals surface area contributed by atoms with Crippen LogP contribution in [0.2, 0.25) is 5.02 Å². The fourth-order valence-electron chi connectivity index (χ4n) is 3.00. The molecular formula is C17H22Cl2N4O. The molecule has 24 heavy (non-hydrogen) atoms. The number of nitrogens with one attached hydrogen (secondary N) is 2. The fraction of sp³-hybridized carbons (Fsp3) is 0.412. The number of carbonyl (C=O) groups excluding carboxylic acids is 1. The highest BCUT2D eigenvalue weighted by atomic mass is 35.5. The number of carbonyl (C=O) groups is 1. The predicted octanol–water partition coefficient (Wildman–Crippen LogP) is 2.72. The minimum absolute atomic E-state index is 0. The summed E-state index contributed by atoms with van der Waals surface area (Å²) in [7, 11) is 0. The summed E-state index contributed by atoms with van der Waals surface area (Å²) in [6.45, 7) is 6.15. The Hall–Kier alpha value is -1.56. The van der Waals surface area contributed by atoms with Gasteiger partial charge in [-0.2, -0.15) is 5.10 Å². The van der Waals surface area contributed by atoms with Gasteiger partial charge < -0.3 is 10.6 Å². The summed E-state index contributed by atoms with van der Waals surface area (Å²) < 4.78 is 1.85. The Labute approximate surface area is 153 Å². The lowest BCUT2D eigenvalue weighted by molar-refractivity contribution is 0.0938. The molecule has 1 aromatic carbocycles. The Morgan fingerprint density at radius 2 is 2.17 bits per heavy atom. The van der Waals surface area contributed by atoms with Crippen LogP contribution in [-0.4, -0.2) is 34.8 Å². The molecule has 5 nitrogen and oxygen atoms in total. The van der Waals surface area contributed by atoms with Gasteiger partial charge in [-0.05, 0) is 38.4 Å². The van der Waals surface area contributed by atoms with E-state index in [1.807, 2.05) is 42.8 Å². The zero-order valence-corrected chi connectivity index (χ0v) is 15.4. The molecule has 0 saturated carbocycles. The molecular weight excluding hydrogens is 347 g/mol. The van der Waals surface area contributed by atoms with Crippen molar-refractivity contribution in [1.82, 2.24) is 20.4 Å². The van der Waals surface area contributed by atoms with E-state index < -0.39 is 0 Å². The number of rotatable bonds is 4. The van der Waals surface area contributed by atoms with E-state index in [4.69, 9.17) is 11.6 Å². The lowest BCUT2D eigenvalue weighted by Gasteiger charge is -2.12. The zero-order valence-electron chi connectivity index (χ0n) is 13.8. The largest absolute Gasteiger partial charge is 0.348 e. The summed E-state index contributed by atoms with van der Waals surface area (Å²) in [5.41, 5.74) is 3.28. The zero-order chi connectivity index (χ0) is 16.4. The molecule has 130 valence electrons. The van der Waals surface area contributed by atoms with Crippen molar-refractivity contribution < 1.29 is 4.79 Å². The Morgan fingerprint density at radius 1 is 1.42 bits per heavy atom. The number of aryl methyl sites for hydroxylation is 1. The van der Waals surface area contributed by atoms with E-state index in [2.05, 4.69) is 15.7 Å². The van der Waals surface area contributed by atoms with Gasteiger partial charge in [-0.3, -0.25) is 9.48 Å². The van der Waals surface area contributed by atoms with E-state index in [0.717, 1.165) is 36.5 Å². The van der Waals surface area contributed by atoms with Gasteiger partial charge >= 0.3 is 0 Å². The van der Waals surface area contributed by atoms with E-state index in [1.165, 1.54) is 0 Å². The van der Waals surface area contributed by atoms with Crippen LogP contribution in [0.4, 0.5) is 0 Å². The molecule has 2 aromatic rings. The van der Waals surface area contributed by atoms with Crippen LogP contribution in [0, 0.1) is 13.8 Å². The summed E-state index contributed by atoms with van der Waals surface area (Å²) in [6, 6.07) is 7.90. The van der Waals surface area contributed by atoms with Crippen molar-refractivity contribution in [2.45, 2.75) is 32.9 Å². The first-order chi connectivity index (χ1) is 11.1. The molecule has 0 spiro atoms. The van der Waals surface area contributed by atoms with E-state index in [9.17, 15) is 4.79 Å². The lowest BCUT2D eigenvalue weighted by Crippen LogP contribution is -2.36. The third-order valence-corrected chi connectivity index (χ3v) is 4.65. The SMILES string of the molecule is Cc1nn(Cc2ccccc2Cl)c(C)c1C(=O)NC1CCNC1.Cl. The first-order valence-electron chi connectivity index (χ1n) is 7.85. The van der Waals surface area contributed by atoms with Gasteiger partial charge in [0.15, 0.2) is 0 Å². The van der Waals surface area contributed by atoms with Crippen molar-refractivity contribution in [3.8, 4) is 0 Å². The third-order valence-electron chi connectivity index (χ3n) is 4.28. The Bertz CT molecular complexity index is 723. The Morgan fingerprint density at radius 3 is 2.83 bits per heavy atom.